The number of aryl methyl sites for hydroxylation is 1. The molecule has 2 amide bonds. The number of urea groups is 1. The van der Waals surface area contributed by atoms with Crippen LogP contribution in [0.2, 0.25) is 0 Å². The maximum Gasteiger partial charge on any atom is 0.322 e. The minimum atomic E-state index is -0.161. The summed E-state index contributed by atoms with van der Waals surface area (Å²) in [4.78, 5) is 19.1. The molecule has 1 aliphatic carbocycles. The fraction of sp³-hybridized carbons (Fsp3) is 0.647. The first-order valence-electron chi connectivity index (χ1n) is 8.92. The molecule has 1 atom stereocenters. The number of anilines is 1. The molecule has 25 heavy (non-hydrogen) atoms. The van der Waals surface area contributed by atoms with Gasteiger partial charge < -0.3 is 19.3 Å². The molecule has 0 radical (unpaired) electrons. The van der Waals surface area contributed by atoms with Gasteiger partial charge in [0.2, 0.25) is 5.89 Å². The molecule has 0 bridgehead atoms. The molecule has 2 aromatic heterocycles. The third-order valence-electron chi connectivity index (χ3n) is 4.83. The van der Waals surface area contributed by atoms with Crippen LogP contribution < -0.4 is 5.32 Å². The van der Waals surface area contributed by atoms with E-state index in [1.807, 2.05) is 20.8 Å². The highest BCUT2D eigenvalue weighted by molar-refractivity contribution is 5.91. The minimum Gasteiger partial charge on any atom is -0.359 e. The van der Waals surface area contributed by atoms with Crippen molar-refractivity contribution in [2.75, 3.05) is 11.9 Å². The van der Waals surface area contributed by atoms with Gasteiger partial charge in [0, 0.05) is 18.4 Å². The topological polar surface area (TPSA) is 97.3 Å². The minimum absolute atomic E-state index is 0.152. The monoisotopic (exact) mass is 345 g/mol. The predicted octanol–water partition coefficient (Wildman–Crippen LogP) is 3.74. The fourth-order valence-electron chi connectivity index (χ4n) is 3.24. The summed E-state index contributed by atoms with van der Waals surface area (Å²) in [5, 5.41) is 11.1. The molecule has 2 aromatic rings. The zero-order chi connectivity index (χ0) is 17.6. The van der Waals surface area contributed by atoms with Gasteiger partial charge >= 0.3 is 6.03 Å². The van der Waals surface area contributed by atoms with E-state index in [9.17, 15) is 4.79 Å². The van der Waals surface area contributed by atoms with Crippen LogP contribution in [0.5, 0.6) is 0 Å². The van der Waals surface area contributed by atoms with Crippen LogP contribution in [0.4, 0.5) is 10.5 Å². The zero-order valence-electron chi connectivity index (χ0n) is 14.8. The van der Waals surface area contributed by atoms with Gasteiger partial charge in [-0.15, -0.1) is 0 Å². The van der Waals surface area contributed by atoms with E-state index in [0.29, 0.717) is 35.6 Å². The third kappa shape index (κ3) is 3.01. The van der Waals surface area contributed by atoms with Gasteiger partial charge in [0.25, 0.3) is 0 Å². The van der Waals surface area contributed by atoms with Crippen LogP contribution in [0.15, 0.2) is 9.05 Å². The average molecular weight is 345 g/mol. The quantitative estimate of drug-likeness (QED) is 0.906. The van der Waals surface area contributed by atoms with Gasteiger partial charge in [-0.05, 0) is 32.6 Å². The lowest BCUT2D eigenvalue weighted by Gasteiger charge is -2.22. The number of carbonyl (C=O) groups is 1. The van der Waals surface area contributed by atoms with E-state index < -0.39 is 0 Å². The molecule has 8 nitrogen and oxygen atoms in total. The van der Waals surface area contributed by atoms with Crippen LogP contribution in [-0.2, 0) is 0 Å². The first kappa shape index (κ1) is 16.1. The molecule has 0 spiro atoms. The van der Waals surface area contributed by atoms with E-state index in [-0.39, 0.29) is 18.0 Å². The summed E-state index contributed by atoms with van der Waals surface area (Å²) in [5.74, 6) is 2.54. The van der Waals surface area contributed by atoms with E-state index in [0.717, 1.165) is 31.4 Å². The molecular formula is C17H23N5O3. The summed E-state index contributed by atoms with van der Waals surface area (Å²) >= 11 is 0. The van der Waals surface area contributed by atoms with Gasteiger partial charge in [-0.25, -0.2) is 4.79 Å². The molecule has 1 unspecified atom stereocenters. The molecule has 134 valence electrons. The second kappa shape index (κ2) is 6.16. The smallest absolute Gasteiger partial charge is 0.322 e. The van der Waals surface area contributed by atoms with Crippen LogP contribution in [0.1, 0.15) is 80.6 Å². The number of likely N-dealkylation sites (tertiary alicyclic amines) is 1. The van der Waals surface area contributed by atoms with Crippen molar-refractivity contribution >= 4 is 11.7 Å². The Kier molecular flexibility index (Phi) is 3.97. The van der Waals surface area contributed by atoms with Gasteiger partial charge in [-0.1, -0.05) is 24.2 Å². The van der Waals surface area contributed by atoms with Crippen LogP contribution in [-0.4, -0.2) is 32.8 Å². The van der Waals surface area contributed by atoms with E-state index in [1.54, 1.807) is 4.90 Å². The SMILES string of the molecule is Cc1noc(C2CC2)c1NC(=O)N1CCCC1c1noc(C(C)C)n1. The number of nitrogens with zero attached hydrogens (tertiary/aromatic N) is 4. The summed E-state index contributed by atoms with van der Waals surface area (Å²) in [6.45, 7) is 6.53. The lowest BCUT2D eigenvalue weighted by atomic mass is 10.2. The summed E-state index contributed by atoms with van der Waals surface area (Å²) in [5.41, 5.74) is 1.43. The van der Waals surface area contributed by atoms with Crippen molar-refractivity contribution in [2.24, 2.45) is 0 Å². The Labute approximate surface area is 145 Å². The lowest BCUT2D eigenvalue weighted by Crippen LogP contribution is -2.35. The number of hydrogen-bond acceptors (Lipinski definition) is 6. The lowest BCUT2D eigenvalue weighted by molar-refractivity contribution is 0.203. The molecule has 1 aliphatic heterocycles. The summed E-state index contributed by atoms with van der Waals surface area (Å²) in [7, 11) is 0. The van der Waals surface area contributed by atoms with Crippen LogP contribution >= 0.6 is 0 Å². The van der Waals surface area contributed by atoms with Crippen molar-refractivity contribution in [3.63, 3.8) is 0 Å². The van der Waals surface area contributed by atoms with E-state index in [2.05, 4.69) is 20.6 Å². The number of carbonyl (C=O) groups excluding carboxylic acids is 1. The Balaban J connectivity index is 1.52. The van der Waals surface area contributed by atoms with E-state index in [4.69, 9.17) is 9.05 Å². The number of hydrogen-bond donors (Lipinski definition) is 1. The van der Waals surface area contributed by atoms with E-state index >= 15 is 0 Å². The number of nitrogens with one attached hydrogen (secondary N) is 1. The molecule has 2 fully saturated rings. The summed E-state index contributed by atoms with van der Waals surface area (Å²) in [6, 6.07) is -0.313. The van der Waals surface area contributed by atoms with Gasteiger partial charge in [-0.2, -0.15) is 4.98 Å². The number of amides is 2. The molecule has 1 N–H and O–H groups in total. The fourth-order valence-corrected chi connectivity index (χ4v) is 3.24. The van der Waals surface area contributed by atoms with Crippen molar-refractivity contribution in [3.05, 3.63) is 23.2 Å². The molecule has 4 rings (SSSR count). The van der Waals surface area contributed by atoms with Crippen LogP contribution in [0.3, 0.4) is 0 Å². The van der Waals surface area contributed by atoms with E-state index in [1.165, 1.54) is 0 Å². The van der Waals surface area contributed by atoms with Crippen molar-refractivity contribution in [3.8, 4) is 0 Å². The highest BCUT2D eigenvalue weighted by Crippen LogP contribution is 2.44. The van der Waals surface area contributed by atoms with Gasteiger partial charge in [-0.3, -0.25) is 0 Å². The number of rotatable bonds is 4. The van der Waals surface area contributed by atoms with Gasteiger partial charge in [0.1, 0.15) is 11.4 Å². The van der Waals surface area contributed by atoms with Gasteiger partial charge in [0.15, 0.2) is 11.6 Å². The Morgan fingerprint density at radius 1 is 1.24 bits per heavy atom. The molecule has 1 saturated heterocycles. The zero-order valence-corrected chi connectivity index (χ0v) is 14.8. The van der Waals surface area contributed by atoms with Crippen molar-refractivity contribution in [2.45, 2.75) is 64.3 Å². The highest BCUT2D eigenvalue weighted by Gasteiger charge is 2.36. The molecular weight excluding hydrogens is 322 g/mol. The molecule has 2 aliphatic rings. The maximum atomic E-state index is 12.8. The maximum absolute atomic E-state index is 12.8. The first-order chi connectivity index (χ1) is 12.0. The van der Waals surface area contributed by atoms with Crippen molar-refractivity contribution in [1.29, 1.82) is 0 Å². The van der Waals surface area contributed by atoms with Crippen molar-refractivity contribution in [1.82, 2.24) is 20.2 Å². The molecule has 0 aromatic carbocycles. The Morgan fingerprint density at radius 3 is 2.72 bits per heavy atom. The Hall–Kier alpha value is -2.38. The first-order valence-corrected chi connectivity index (χ1v) is 8.92. The average Bonchev–Trinajstić information content (AvgIpc) is 3.01. The van der Waals surface area contributed by atoms with Gasteiger partial charge in [0.05, 0.1) is 6.04 Å². The summed E-state index contributed by atoms with van der Waals surface area (Å²) < 4.78 is 10.7. The Morgan fingerprint density at radius 2 is 2.04 bits per heavy atom. The normalized spacial score (nSPS) is 20.5. The van der Waals surface area contributed by atoms with Crippen LogP contribution in [0.25, 0.3) is 0 Å². The summed E-state index contributed by atoms with van der Waals surface area (Å²) in [6.07, 6.45) is 3.93. The highest BCUT2D eigenvalue weighted by atomic mass is 16.5. The molecule has 3 heterocycles. The molecule has 1 saturated carbocycles. The Bertz CT molecular complexity index is 777. The predicted molar refractivity (Wildman–Crippen MR) is 89.3 cm³/mol. The molecule has 8 heteroatoms. The third-order valence-corrected chi connectivity index (χ3v) is 4.83. The second-order valence-corrected chi connectivity index (χ2v) is 7.21. The largest absolute Gasteiger partial charge is 0.359 e. The second-order valence-electron chi connectivity index (χ2n) is 7.21. The van der Waals surface area contributed by atoms with Crippen molar-refractivity contribution < 1.29 is 13.8 Å². The van der Waals surface area contributed by atoms with Crippen LogP contribution in [0, 0.1) is 6.92 Å². The standard InChI is InChI=1S/C17H23N5O3/c1-9(2)16-19-15(21-25-16)12-5-4-8-22(12)17(23)18-13-10(3)20-24-14(13)11-6-7-11/h9,11-12H,4-8H2,1-3H3,(H,18,23). The number of aromatic nitrogens is 3.